The van der Waals surface area contributed by atoms with Crippen LogP contribution < -0.4 is 0 Å². The Kier molecular flexibility index (Phi) is 5.86. The Morgan fingerprint density at radius 1 is 1.40 bits per heavy atom. The van der Waals surface area contributed by atoms with Crippen molar-refractivity contribution in [3.8, 4) is 0 Å². The van der Waals surface area contributed by atoms with E-state index in [-0.39, 0.29) is 0 Å². The molecular formula is C13H20ClNO3S2. The second-order valence-corrected chi connectivity index (χ2v) is 8.67. The number of nitrogens with zero attached hydrogens (tertiary/aromatic N) is 1. The molecule has 7 heteroatoms. The maximum atomic E-state index is 12.5. The molecule has 1 fully saturated rings. The van der Waals surface area contributed by atoms with Crippen molar-refractivity contribution in [2.24, 2.45) is 5.92 Å². The highest BCUT2D eigenvalue weighted by Gasteiger charge is 2.30. The van der Waals surface area contributed by atoms with Gasteiger partial charge in [-0.2, -0.15) is 4.31 Å². The maximum absolute atomic E-state index is 12.5. The lowest BCUT2D eigenvalue weighted by atomic mass is 9.99. The molecule has 0 aliphatic carbocycles. The first-order valence-electron chi connectivity index (χ1n) is 6.71. The molecule has 0 saturated carbocycles. The van der Waals surface area contributed by atoms with Crippen LogP contribution in [0.5, 0.6) is 0 Å². The van der Waals surface area contributed by atoms with Crippen molar-refractivity contribution in [3.05, 3.63) is 17.0 Å². The van der Waals surface area contributed by atoms with Crippen LogP contribution in [-0.2, 0) is 21.2 Å². The molecule has 0 radical (unpaired) electrons. The number of alkyl halides is 1. The first-order valence-corrected chi connectivity index (χ1v) is 9.50. The number of hydrogen-bond donors (Lipinski definition) is 0. The van der Waals surface area contributed by atoms with E-state index in [4.69, 9.17) is 16.3 Å². The Labute approximate surface area is 129 Å². The summed E-state index contributed by atoms with van der Waals surface area (Å²) in [4.78, 5) is 1.02. The van der Waals surface area contributed by atoms with Gasteiger partial charge in [-0.05, 0) is 37.3 Å². The first-order chi connectivity index (χ1) is 9.57. The molecule has 114 valence electrons. The first kappa shape index (κ1) is 16.2. The van der Waals surface area contributed by atoms with E-state index in [1.807, 2.05) is 6.07 Å². The number of ether oxygens (including phenoxy) is 1. The minimum atomic E-state index is -3.33. The lowest BCUT2D eigenvalue weighted by Crippen LogP contribution is -2.39. The number of hydrogen-bond acceptors (Lipinski definition) is 4. The van der Waals surface area contributed by atoms with Crippen LogP contribution in [0, 0.1) is 5.92 Å². The number of aryl methyl sites for hydroxylation is 1. The van der Waals surface area contributed by atoms with E-state index < -0.39 is 10.0 Å². The molecule has 0 unspecified atom stereocenters. The minimum Gasteiger partial charge on any atom is -0.384 e. The van der Waals surface area contributed by atoms with Gasteiger partial charge in [0.15, 0.2) is 0 Å². The lowest BCUT2D eigenvalue weighted by molar-refractivity contribution is 0.121. The topological polar surface area (TPSA) is 46.6 Å². The van der Waals surface area contributed by atoms with Gasteiger partial charge in [0.1, 0.15) is 4.21 Å². The molecule has 0 amide bonds. The molecule has 1 aromatic rings. The number of sulfonamides is 1. The second-order valence-electron chi connectivity index (χ2n) is 4.96. The number of rotatable bonds is 6. The van der Waals surface area contributed by atoms with E-state index in [0.29, 0.717) is 35.7 Å². The Bertz CT molecular complexity index is 521. The molecule has 2 heterocycles. The lowest BCUT2D eigenvalue weighted by Gasteiger charge is -2.30. The number of methoxy groups -OCH3 is 1. The zero-order valence-corrected chi connectivity index (χ0v) is 13.9. The molecule has 1 aliphatic rings. The van der Waals surface area contributed by atoms with Crippen molar-refractivity contribution in [3.63, 3.8) is 0 Å². The monoisotopic (exact) mass is 337 g/mol. The van der Waals surface area contributed by atoms with Crippen LogP contribution in [0.15, 0.2) is 16.3 Å². The molecule has 20 heavy (non-hydrogen) atoms. The Hall–Kier alpha value is -0.140. The number of thiophene rings is 1. The summed E-state index contributed by atoms with van der Waals surface area (Å²) in [5.74, 6) is 0.990. The Morgan fingerprint density at radius 2 is 2.10 bits per heavy atom. The molecule has 0 atom stereocenters. The number of halogens is 1. The van der Waals surface area contributed by atoms with E-state index in [1.54, 1.807) is 17.5 Å². The van der Waals surface area contributed by atoms with Gasteiger partial charge in [-0.3, -0.25) is 0 Å². The zero-order chi connectivity index (χ0) is 14.6. The third-order valence-electron chi connectivity index (χ3n) is 3.55. The van der Waals surface area contributed by atoms with Gasteiger partial charge in [0.25, 0.3) is 10.0 Å². The average Bonchev–Trinajstić information content (AvgIpc) is 2.90. The highest BCUT2D eigenvalue weighted by atomic mass is 35.5. The van der Waals surface area contributed by atoms with Gasteiger partial charge in [0.2, 0.25) is 0 Å². The van der Waals surface area contributed by atoms with E-state index in [0.717, 1.165) is 24.1 Å². The van der Waals surface area contributed by atoms with Gasteiger partial charge in [-0.1, -0.05) is 0 Å². The van der Waals surface area contributed by atoms with Gasteiger partial charge >= 0.3 is 0 Å². The molecule has 4 nitrogen and oxygen atoms in total. The SMILES string of the molecule is COCC1CCN(S(=O)(=O)c2ccc(CCCl)s2)CC1. The smallest absolute Gasteiger partial charge is 0.252 e. The highest BCUT2D eigenvalue weighted by Crippen LogP contribution is 2.28. The molecule has 1 aromatic heterocycles. The van der Waals surface area contributed by atoms with E-state index in [1.165, 1.54) is 11.3 Å². The molecule has 1 aliphatic heterocycles. The molecule has 0 spiro atoms. The fourth-order valence-corrected chi connectivity index (χ4v) is 5.70. The predicted octanol–water partition coefficient (Wildman–Crippen LogP) is 2.58. The van der Waals surface area contributed by atoms with E-state index in [2.05, 4.69) is 0 Å². The van der Waals surface area contributed by atoms with Crippen LogP contribution in [0.3, 0.4) is 0 Å². The predicted molar refractivity (Wildman–Crippen MR) is 82.1 cm³/mol. The molecule has 1 saturated heterocycles. The summed E-state index contributed by atoms with van der Waals surface area (Å²) in [5.41, 5.74) is 0. The fourth-order valence-electron chi connectivity index (χ4n) is 2.40. The summed E-state index contributed by atoms with van der Waals surface area (Å²) in [7, 11) is -1.64. The zero-order valence-electron chi connectivity index (χ0n) is 11.5. The fraction of sp³-hybridized carbons (Fsp3) is 0.692. The van der Waals surface area contributed by atoms with Crippen LogP contribution in [0.25, 0.3) is 0 Å². The van der Waals surface area contributed by atoms with Crippen LogP contribution in [0.4, 0.5) is 0 Å². The van der Waals surface area contributed by atoms with Gasteiger partial charge < -0.3 is 4.74 Å². The van der Waals surface area contributed by atoms with Crippen molar-refractivity contribution in [2.75, 3.05) is 32.7 Å². The van der Waals surface area contributed by atoms with Crippen molar-refractivity contribution >= 4 is 33.0 Å². The minimum absolute atomic E-state index is 0.433. The summed E-state index contributed by atoms with van der Waals surface area (Å²) in [6, 6.07) is 3.56. The van der Waals surface area contributed by atoms with E-state index in [9.17, 15) is 8.42 Å². The normalized spacial score (nSPS) is 18.5. The van der Waals surface area contributed by atoms with Crippen LogP contribution in [0.1, 0.15) is 17.7 Å². The van der Waals surface area contributed by atoms with Crippen molar-refractivity contribution in [1.82, 2.24) is 4.31 Å². The standard InChI is InChI=1S/C13H20ClNO3S2/c1-18-10-11-5-8-15(9-6-11)20(16,17)13-3-2-12(19-13)4-7-14/h2-3,11H,4-10H2,1H3. The summed E-state index contributed by atoms with van der Waals surface area (Å²) in [6.45, 7) is 1.88. The largest absolute Gasteiger partial charge is 0.384 e. The summed E-state index contributed by atoms with van der Waals surface area (Å²) < 4.78 is 32.2. The maximum Gasteiger partial charge on any atom is 0.252 e. The van der Waals surface area contributed by atoms with Gasteiger partial charge in [-0.25, -0.2) is 8.42 Å². The second kappa shape index (κ2) is 7.22. The van der Waals surface area contributed by atoms with Crippen LogP contribution in [-0.4, -0.2) is 45.4 Å². The molecule has 0 aromatic carbocycles. The third-order valence-corrected chi connectivity index (χ3v) is 7.25. The summed E-state index contributed by atoms with van der Waals surface area (Å²) in [6.07, 6.45) is 2.46. The van der Waals surface area contributed by atoms with Crippen LogP contribution in [0.2, 0.25) is 0 Å². The van der Waals surface area contributed by atoms with Gasteiger partial charge in [-0.15, -0.1) is 22.9 Å². The quantitative estimate of drug-likeness (QED) is 0.749. The average molecular weight is 338 g/mol. The highest BCUT2D eigenvalue weighted by molar-refractivity contribution is 7.91. The molecular weight excluding hydrogens is 318 g/mol. The van der Waals surface area contributed by atoms with Gasteiger partial charge in [0.05, 0.1) is 0 Å². The van der Waals surface area contributed by atoms with Crippen molar-refractivity contribution in [2.45, 2.75) is 23.5 Å². The molecule has 0 bridgehead atoms. The van der Waals surface area contributed by atoms with Crippen molar-refractivity contribution in [1.29, 1.82) is 0 Å². The van der Waals surface area contributed by atoms with E-state index >= 15 is 0 Å². The Morgan fingerprint density at radius 3 is 2.70 bits per heavy atom. The van der Waals surface area contributed by atoms with Gasteiger partial charge in [0, 0.05) is 37.6 Å². The molecule has 2 rings (SSSR count). The van der Waals surface area contributed by atoms with Crippen molar-refractivity contribution < 1.29 is 13.2 Å². The number of piperidine rings is 1. The molecule has 0 N–H and O–H groups in total. The summed E-state index contributed by atoms with van der Waals surface area (Å²) in [5, 5.41) is 0. The third kappa shape index (κ3) is 3.74. The Balaban J connectivity index is 2.03. The summed E-state index contributed by atoms with van der Waals surface area (Å²) >= 11 is 7.02. The van der Waals surface area contributed by atoms with Crippen LogP contribution >= 0.6 is 22.9 Å².